The molecule has 0 aliphatic carbocycles. The van der Waals surface area contributed by atoms with Crippen molar-refractivity contribution in [3.8, 4) is 0 Å². The smallest absolute Gasteiger partial charge is 0.267 e. The molecule has 0 aromatic heterocycles. The number of nitrogens with zero attached hydrogens (tertiary/aromatic N) is 1. The summed E-state index contributed by atoms with van der Waals surface area (Å²) in [4.78, 5) is 11.7. The minimum atomic E-state index is -4.52. The molecule has 7 heteroatoms. The lowest BCUT2D eigenvalue weighted by Crippen LogP contribution is -2.18. The van der Waals surface area contributed by atoms with Gasteiger partial charge in [-0.1, -0.05) is 24.3 Å². The van der Waals surface area contributed by atoms with Gasteiger partial charge in [-0.2, -0.15) is 18.3 Å². The Morgan fingerprint density at radius 2 is 1.82 bits per heavy atom. The number of carbonyl (C=O) groups excluding carboxylic acids is 1. The van der Waals surface area contributed by atoms with Crippen molar-refractivity contribution < 1.29 is 22.4 Å². The highest BCUT2D eigenvalue weighted by Crippen LogP contribution is 2.30. The van der Waals surface area contributed by atoms with Crippen LogP contribution in [0.3, 0.4) is 0 Å². The average molecular weight is 310 g/mol. The van der Waals surface area contributed by atoms with Gasteiger partial charge in [0.05, 0.1) is 11.8 Å². The van der Waals surface area contributed by atoms with E-state index in [-0.39, 0.29) is 11.1 Å². The quantitative estimate of drug-likeness (QED) is 0.525. The Kier molecular flexibility index (Phi) is 4.55. The number of hydrogen-bond acceptors (Lipinski definition) is 2. The van der Waals surface area contributed by atoms with Crippen LogP contribution in [0.4, 0.5) is 17.6 Å². The second-order valence-corrected chi connectivity index (χ2v) is 4.29. The zero-order valence-corrected chi connectivity index (χ0v) is 11.1. The predicted octanol–water partition coefficient (Wildman–Crippen LogP) is 3.61. The van der Waals surface area contributed by atoms with E-state index in [1.807, 2.05) is 5.43 Å². The summed E-state index contributed by atoms with van der Waals surface area (Å²) in [7, 11) is 0. The van der Waals surface area contributed by atoms with Gasteiger partial charge in [-0.05, 0) is 24.3 Å². The Morgan fingerprint density at radius 1 is 1.09 bits per heavy atom. The molecule has 0 spiro atoms. The number of nitrogens with one attached hydrogen (secondary N) is 1. The van der Waals surface area contributed by atoms with Crippen molar-refractivity contribution in [2.75, 3.05) is 0 Å². The van der Waals surface area contributed by atoms with Gasteiger partial charge in [-0.25, -0.2) is 9.82 Å². The maximum Gasteiger partial charge on any atom is 0.417 e. The summed E-state index contributed by atoms with van der Waals surface area (Å²) in [6.07, 6.45) is -3.63. The van der Waals surface area contributed by atoms with Crippen LogP contribution in [-0.4, -0.2) is 12.1 Å². The molecule has 2 aromatic carbocycles. The number of benzene rings is 2. The van der Waals surface area contributed by atoms with E-state index in [4.69, 9.17) is 0 Å². The molecule has 22 heavy (non-hydrogen) atoms. The van der Waals surface area contributed by atoms with Crippen molar-refractivity contribution in [3.63, 3.8) is 0 Å². The zero-order valence-electron chi connectivity index (χ0n) is 11.1. The molecule has 0 radical (unpaired) electrons. The first kappa shape index (κ1) is 15.7. The fourth-order valence-electron chi connectivity index (χ4n) is 1.72. The van der Waals surface area contributed by atoms with Gasteiger partial charge in [-0.3, -0.25) is 4.79 Å². The Bertz CT molecular complexity index is 711. The first-order valence-corrected chi connectivity index (χ1v) is 6.13. The highest BCUT2D eigenvalue weighted by atomic mass is 19.4. The summed E-state index contributed by atoms with van der Waals surface area (Å²) in [6, 6.07) is 9.67. The summed E-state index contributed by atoms with van der Waals surface area (Å²) >= 11 is 0. The van der Waals surface area contributed by atoms with E-state index in [0.29, 0.717) is 0 Å². The van der Waals surface area contributed by atoms with Crippen molar-refractivity contribution in [1.82, 2.24) is 5.43 Å². The molecule has 3 nitrogen and oxygen atoms in total. The first-order valence-electron chi connectivity index (χ1n) is 6.13. The van der Waals surface area contributed by atoms with Crippen LogP contribution in [0.25, 0.3) is 0 Å². The molecule has 0 aliphatic heterocycles. The molecule has 114 valence electrons. The van der Waals surface area contributed by atoms with Gasteiger partial charge >= 0.3 is 6.18 Å². The van der Waals surface area contributed by atoms with Crippen molar-refractivity contribution >= 4 is 12.1 Å². The number of halogens is 4. The van der Waals surface area contributed by atoms with Gasteiger partial charge in [-0.15, -0.1) is 0 Å². The molecule has 1 N–H and O–H groups in total. The normalized spacial score (nSPS) is 11.6. The lowest BCUT2D eigenvalue weighted by atomic mass is 10.1. The molecule has 0 saturated heterocycles. The van der Waals surface area contributed by atoms with E-state index in [9.17, 15) is 22.4 Å². The largest absolute Gasteiger partial charge is 0.417 e. The van der Waals surface area contributed by atoms with E-state index >= 15 is 0 Å². The van der Waals surface area contributed by atoms with E-state index in [1.165, 1.54) is 36.4 Å². The van der Waals surface area contributed by atoms with E-state index in [2.05, 4.69) is 5.10 Å². The van der Waals surface area contributed by atoms with Crippen LogP contribution < -0.4 is 5.43 Å². The standard InChI is InChI=1S/C15H10F4N2O/c16-12-6-3-5-10(8-12)14(22)21-20-9-11-4-1-2-7-13(11)15(17,18)19/h1-9H,(H,21,22)/b20-9+. The zero-order chi connectivity index (χ0) is 16.2. The van der Waals surface area contributed by atoms with Crippen molar-refractivity contribution in [2.24, 2.45) is 5.10 Å². The van der Waals surface area contributed by atoms with Crippen molar-refractivity contribution in [1.29, 1.82) is 0 Å². The van der Waals surface area contributed by atoms with Gasteiger partial charge in [0.1, 0.15) is 5.82 Å². The van der Waals surface area contributed by atoms with Crippen LogP contribution in [0.15, 0.2) is 53.6 Å². The Hall–Kier alpha value is -2.70. The molecule has 0 heterocycles. The Morgan fingerprint density at radius 3 is 2.50 bits per heavy atom. The van der Waals surface area contributed by atoms with Crippen LogP contribution in [0.1, 0.15) is 21.5 Å². The predicted molar refractivity (Wildman–Crippen MR) is 72.9 cm³/mol. The second kappa shape index (κ2) is 6.38. The fraction of sp³-hybridized carbons (Fsp3) is 0.0667. The summed E-state index contributed by atoms with van der Waals surface area (Å²) in [6.45, 7) is 0. The van der Waals surface area contributed by atoms with Gasteiger partial charge in [0.25, 0.3) is 5.91 Å². The van der Waals surface area contributed by atoms with Crippen LogP contribution in [-0.2, 0) is 6.18 Å². The third-order valence-corrected chi connectivity index (χ3v) is 2.72. The molecular formula is C15H10F4N2O. The van der Waals surface area contributed by atoms with Crippen LogP contribution in [0.5, 0.6) is 0 Å². The molecule has 0 saturated carbocycles. The number of rotatable bonds is 3. The van der Waals surface area contributed by atoms with Crippen LogP contribution in [0.2, 0.25) is 0 Å². The summed E-state index contributed by atoms with van der Waals surface area (Å²) in [5, 5.41) is 3.47. The van der Waals surface area contributed by atoms with Gasteiger partial charge in [0, 0.05) is 11.1 Å². The maximum absolute atomic E-state index is 13.0. The third-order valence-electron chi connectivity index (χ3n) is 2.72. The molecule has 2 aromatic rings. The molecule has 0 atom stereocenters. The topological polar surface area (TPSA) is 41.5 Å². The first-order chi connectivity index (χ1) is 10.4. The van der Waals surface area contributed by atoms with E-state index in [1.54, 1.807) is 0 Å². The molecule has 0 fully saturated rings. The minimum absolute atomic E-state index is 0.0151. The Balaban J connectivity index is 2.12. The number of hydrazone groups is 1. The summed E-state index contributed by atoms with van der Waals surface area (Å²) in [5.41, 5.74) is 1.02. The van der Waals surface area contributed by atoms with E-state index < -0.39 is 23.5 Å². The number of hydrogen-bond donors (Lipinski definition) is 1. The lowest BCUT2D eigenvalue weighted by molar-refractivity contribution is -0.137. The molecule has 0 aliphatic rings. The summed E-state index contributed by atoms with van der Waals surface area (Å²) < 4.78 is 51.2. The Labute approximate surface area is 123 Å². The highest BCUT2D eigenvalue weighted by Gasteiger charge is 2.32. The maximum atomic E-state index is 13.0. The van der Waals surface area contributed by atoms with Gasteiger partial charge < -0.3 is 0 Å². The lowest BCUT2D eigenvalue weighted by Gasteiger charge is -2.09. The second-order valence-electron chi connectivity index (χ2n) is 4.29. The summed E-state index contributed by atoms with van der Waals surface area (Å²) in [5.74, 6) is -1.32. The number of amides is 1. The van der Waals surface area contributed by atoms with Crippen LogP contribution >= 0.6 is 0 Å². The van der Waals surface area contributed by atoms with E-state index in [0.717, 1.165) is 18.3 Å². The SMILES string of the molecule is O=C(N/N=C/c1ccccc1C(F)(F)F)c1cccc(F)c1. The number of alkyl halides is 3. The van der Waals surface area contributed by atoms with Crippen molar-refractivity contribution in [2.45, 2.75) is 6.18 Å². The molecular weight excluding hydrogens is 300 g/mol. The van der Waals surface area contributed by atoms with Crippen LogP contribution in [0, 0.1) is 5.82 Å². The molecule has 0 bridgehead atoms. The highest BCUT2D eigenvalue weighted by molar-refractivity contribution is 5.95. The molecule has 0 unspecified atom stereocenters. The van der Waals surface area contributed by atoms with Gasteiger partial charge in [0.15, 0.2) is 0 Å². The average Bonchev–Trinajstić information content (AvgIpc) is 2.46. The fourth-order valence-corrected chi connectivity index (χ4v) is 1.72. The molecule has 1 amide bonds. The third kappa shape index (κ3) is 3.91. The minimum Gasteiger partial charge on any atom is -0.267 e. The monoisotopic (exact) mass is 310 g/mol. The van der Waals surface area contributed by atoms with Gasteiger partial charge in [0.2, 0.25) is 0 Å². The number of carbonyl (C=O) groups is 1. The van der Waals surface area contributed by atoms with Crippen molar-refractivity contribution in [3.05, 3.63) is 71.0 Å². The molecule has 2 rings (SSSR count).